The van der Waals surface area contributed by atoms with E-state index in [1.807, 2.05) is 13.8 Å². The summed E-state index contributed by atoms with van der Waals surface area (Å²) in [6.07, 6.45) is -0.461. The van der Waals surface area contributed by atoms with Crippen LogP contribution in [0, 0.1) is 13.8 Å². The maximum Gasteiger partial charge on any atom is 0.147 e. The summed E-state index contributed by atoms with van der Waals surface area (Å²) in [6, 6.07) is 0. The van der Waals surface area contributed by atoms with E-state index in [9.17, 15) is 5.11 Å². The molecule has 92 valence electrons. The average Bonchev–Trinajstić information content (AvgIpc) is 2.52. The first-order valence-corrected chi connectivity index (χ1v) is 5.39. The Labute approximate surface area is 95.6 Å². The molecule has 1 heterocycles. The molecule has 6 nitrogen and oxygen atoms in total. The van der Waals surface area contributed by atoms with Gasteiger partial charge in [-0.3, -0.25) is 0 Å². The number of nitrogens with one attached hydrogen (secondary N) is 1. The van der Waals surface area contributed by atoms with Crippen molar-refractivity contribution in [1.82, 2.24) is 20.1 Å². The third-order valence-corrected chi connectivity index (χ3v) is 2.21. The Morgan fingerprint density at radius 2 is 2.25 bits per heavy atom. The largest absolute Gasteiger partial charge is 0.390 e. The van der Waals surface area contributed by atoms with Crippen LogP contribution in [0.4, 0.5) is 0 Å². The van der Waals surface area contributed by atoms with Crippen molar-refractivity contribution in [3.63, 3.8) is 0 Å². The number of ether oxygens (including phenoxy) is 1. The van der Waals surface area contributed by atoms with Crippen molar-refractivity contribution in [2.45, 2.75) is 26.5 Å². The van der Waals surface area contributed by atoms with Crippen LogP contribution in [0.3, 0.4) is 0 Å². The fraction of sp³-hybridized carbons (Fsp3) is 0.800. The topological polar surface area (TPSA) is 72.2 Å². The monoisotopic (exact) mass is 228 g/mol. The molecular weight excluding hydrogens is 208 g/mol. The number of aliphatic hydroxyl groups is 1. The molecular formula is C10H20N4O2. The van der Waals surface area contributed by atoms with E-state index in [2.05, 4.69) is 15.4 Å². The molecule has 0 bridgehead atoms. The Bertz CT molecular complexity index is 314. The molecule has 0 saturated carbocycles. The second-order valence-corrected chi connectivity index (χ2v) is 3.74. The van der Waals surface area contributed by atoms with E-state index in [1.165, 1.54) is 0 Å². The van der Waals surface area contributed by atoms with Gasteiger partial charge in [-0.1, -0.05) is 0 Å². The van der Waals surface area contributed by atoms with Gasteiger partial charge in [-0.2, -0.15) is 5.10 Å². The van der Waals surface area contributed by atoms with Gasteiger partial charge in [0, 0.05) is 20.2 Å². The predicted octanol–water partition coefficient (Wildman–Crippen LogP) is -0.508. The van der Waals surface area contributed by atoms with E-state index < -0.39 is 6.10 Å². The number of hydrogen-bond acceptors (Lipinski definition) is 5. The molecule has 0 spiro atoms. The van der Waals surface area contributed by atoms with Gasteiger partial charge in [-0.15, -0.1) is 0 Å². The van der Waals surface area contributed by atoms with Crippen LogP contribution in [0.25, 0.3) is 0 Å². The number of methoxy groups -OCH3 is 1. The molecule has 6 heteroatoms. The van der Waals surface area contributed by atoms with E-state index in [0.29, 0.717) is 19.7 Å². The van der Waals surface area contributed by atoms with Crippen molar-refractivity contribution in [2.24, 2.45) is 0 Å². The van der Waals surface area contributed by atoms with Gasteiger partial charge in [0.15, 0.2) is 0 Å². The molecule has 0 saturated heterocycles. The van der Waals surface area contributed by atoms with E-state index in [4.69, 9.17) is 4.74 Å². The summed E-state index contributed by atoms with van der Waals surface area (Å²) in [5.41, 5.74) is 0. The number of rotatable bonds is 7. The van der Waals surface area contributed by atoms with Gasteiger partial charge in [0.05, 0.1) is 19.3 Å². The number of aliphatic hydroxyl groups excluding tert-OH is 1. The van der Waals surface area contributed by atoms with Crippen molar-refractivity contribution in [3.8, 4) is 0 Å². The highest BCUT2D eigenvalue weighted by atomic mass is 16.5. The lowest BCUT2D eigenvalue weighted by Crippen LogP contribution is -2.32. The minimum absolute atomic E-state index is 0.461. The summed E-state index contributed by atoms with van der Waals surface area (Å²) in [5.74, 6) is 1.56. The second kappa shape index (κ2) is 6.57. The average molecular weight is 228 g/mol. The van der Waals surface area contributed by atoms with Crippen LogP contribution in [0.15, 0.2) is 0 Å². The quantitative estimate of drug-likeness (QED) is 0.615. The molecule has 1 aromatic heterocycles. The van der Waals surface area contributed by atoms with E-state index in [0.717, 1.165) is 18.2 Å². The van der Waals surface area contributed by atoms with Crippen LogP contribution in [0.1, 0.15) is 11.6 Å². The number of nitrogens with zero attached hydrogens (tertiary/aromatic N) is 3. The molecule has 1 aromatic rings. The maximum atomic E-state index is 9.74. The zero-order valence-corrected chi connectivity index (χ0v) is 10.1. The third-order valence-electron chi connectivity index (χ3n) is 2.21. The molecule has 0 aromatic carbocycles. The number of aromatic nitrogens is 3. The van der Waals surface area contributed by atoms with Crippen LogP contribution in [-0.4, -0.2) is 52.8 Å². The van der Waals surface area contributed by atoms with Gasteiger partial charge in [-0.05, 0) is 13.8 Å². The maximum absolute atomic E-state index is 9.74. The van der Waals surface area contributed by atoms with Gasteiger partial charge >= 0.3 is 0 Å². The highest BCUT2D eigenvalue weighted by Crippen LogP contribution is 1.97. The zero-order chi connectivity index (χ0) is 12.0. The predicted molar refractivity (Wildman–Crippen MR) is 60.2 cm³/mol. The van der Waals surface area contributed by atoms with Crippen molar-refractivity contribution >= 4 is 0 Å². The van der Waals surface area contributed by atoms with Gasteiger partial charge in [0.25, 0.3) is 0 Å². The van der Waals surface area contributed by atoms with Crippen LogP contribution >= 0.6 is 0 Å². The van der Waals surface area contributed by atoms with Gasteiger partial charge in [0.2, 0.25) is 0 Å². The lowest BCUT2D eigenvalue weighted by molar-refractivity contribution is 0.139. The Morgan fingerprint density at radius 1 is 1.50 bits per heavy atom. The fourth-order valence-electron chi connectivity index (χ4n) is 1.44. The lowest BCUT2D eigenvalue weighted by atomic mass is 10.3. The molecule has 1 atom stereocenters. The minimum Gasteiger partial charge on any atom is -0.390 e. The zero-order valence-electron chi connectivity index (χ0n) is 10.1. The molecule has 1 unspecified atom stereocenters. The molecule has 1 rings (SSSR count). The normalized spacial score (nSPS) is 13.0. The standard InChI is InChI=1S/C10H20N4O2/c1-8-12-9(2)14(13-8)7-10(15)6-11-4-5-16-3/h10-11,15H,4-7H2,1-3H3. The summed E-state index contributed by atoms with van der Waals surface area (Å²) in [5, 5.41) is 17.0. The number of hydrogen-bond donors (Lipinski definition) is 2. The lowest BCUT2D eigenvalue weighted by Gasteiger charge is -2.12. The van der Waals surface area contributed by atoms with Gasteiger partial charge in [0.1, 0.15) is 11.6 Å². The van der Waals surface area contributed by atoms with Crippen LogP contribution in [0.5, 0.6) is 0 Å². The van der Waals surface area contributed by atoms with Crippen molar-refractivity contribution in [1.29, 1.82) is 0 Å². The number of aryl methyl sites for hydroxylation is 2. The Morgan fingerprint density at radius 3 is 2.81 bits per heavy atom. The highest BCUT2D eigenvalue weighted by molar-refractivity contribution is 4.88. The Balaban J connectivity index is 2.28. The summed E-state index contributed by atoms with van der Waals surface area (Å²) < 4.78 is 6.61. The molecule has 0 aliphatic rings. The van der Waals surface area contributed by atoms with Gasteiger partial charge in [-0.25, -0.2) is 9.67 Å². The smallest absolute Gasteiger partial charge is 0.147 e. The molecule has 0 amide bonds. The Kier molecular flexibility index (Phi) is 5.37. The van der Waals surface area contributed by atoms with Crippen LogP contribution in [0.2, 0.25) is 0 Å². The van der Waals surface area contributed by atoms with Crippen molar-refractivity contribution in [3.05, 3.63) is 11.6 Å². The molecule has 0 aliphatic heterocycles. The molecule has 0 radical (unpaired) electrons. The minimum atomic E-state index is -0.461. The molecule has 2 N–H and O–H groups in total. The molecule has 16 heavy (non-hydrogen) atoms. The summed E-state index contributed by atoms with van der Waals surface area (Å²) in [4.78, 5) is 4.17. The fourth-order valence-corrected chi connectivity index (χ4v) is 1.44. The molecule has 0 aliphatic carbocycles. The first kappa shape index (κ1) is 13.1. The first-order valence-electron chi connectivity index (χ1n) is 5.39. The third kappa shape index (κ3) is 4.26. The van der Waals surface area contributed by atoms with Crippen molar-refractivity contribution < 1.29 is 9.84 Å². The summed E-state index contributed by atoms with van der Waals surface area (Å²) in [7, 11) is 1.65. The van der Waals surface area contributed by atoms with E-state index in [1.54, 1.807) is 11.8 Å². The second-order valence-electron chi connectivity index (χ2n) is 3.74. The van der Waals surface area contributed by atoms with Crippen LogP contribution in [-0.2, 0) is 11.3 Å². The Hall–Kier alpha value is -0.980. The van der Waals surface area contributed by atoms with Gasteiger partial charge < -0.3 is 15.2 Å². The highest BCUT2D eigenvalue weighted by Gasteiger charge is 2.08. The van der Waals surface area contributed by atoms with Crippen molar-refractivity contribution in [2.75, 3.05) is 26.8 Å². The SMILES string of the molecule is COCCNCC(O)Cn1nc(C)nc1C. The summed E-state index contributed by atoms with van der Waals surface area (Å²) >= 11 is 0. The summed E-state index contributed by atoms with van der Waals surface area (Å²) in [6.45, 7) is 6.10. The van der Waals surface area contributed by atoms with Crippen LogP contribution < -0.4 is 5.32 Å². The van der Waals surface area contributed by atoms with E-state index in [-0.39, 0.29) is 0 Å². The van der Waals surface area contributed by atoms with E-state index >= 15 is 0 Å². The first-order chi connectivity index (χ1) is 7.63. The molecule has 0 fully saturated rings.